The number of hydrogen-bond donors (Lipinski definition) is 0. The van der Waals surface area contributed by atoms with Crippen LogP contribution in [0, 0.1) is 11.8 Å². The lowest BCUT2D eigenvalue weighted by Crippen LogP contribution is -1.97. The van der Waals surface area contributed by atoms with Crippen molar-refractivity contribution in [1.29, 1.82) is 0 Å². The lowest BCUT2D eigenvalue weighted by molar-refractivity contribution is 0.969. The number of aromatic nitrogens is 1. The van der Waals surface area contributed by atoms with E-state index in [0.29, 0.717) is 0 Å². The summed E-state index contributed by atoms with van der Waals surface area (Å²) in [6.07, 6.45) is 8.46. The van der Waals surface area contributed by atoms with Crippen molar-refractivity contribution in [3.8, 4) is 0 Å². The van der Waals surface area contributed by atoms with E-state index in [4.69, 9.17) is 0 Å². The monoisotopic (exact) mass is 257 g/mol. The molecule has 2 aliphatic rings. The Morgan fingerprint density at radius 1 is 0.800 bits per heavy atom. The van der Waals surface area contributed by atoms with Crippen LogP contribution in [-0.4, -0.2) is 4.57 Å². The Morgan fingerprint density at radius 3 is 2.10 bits per heavy atom. The lowest BCUT2D eigenvalue weighted by atomic mass is 10.1. The Kier molecular flexibility index (Phi) is 1.91. The van der Waals surface area contributed by atoms with E-state index in [1.165, 1.54) is 33.9 Å². The van der Waals surface area contributed by atoms with E-state index in [1.807, 2.05) is 0 Å². The lowest BCUT2D eigenvalue weighted by Gasteiger charge is -2.11. The van der Waals surface area contributed by atoms with Crippen LogP contribution in [0.3, 0.4) is 0 Å². The molecule has 0 aliphatic heterocycles. The third kappa shape index (κ3) is 1.32. The first-order valence-corrected chi connectivity index (χ1v) is 7.30. The number of benzene rings is 2. The zero-order valence-electron chi connectivity index (χ0n) is 11.2. The second-order valence-electron chi connectivity index (χ2n) is 5.88. The smallest absolute Gasteiger partial charge is 0.0540 e. The number of allylic oxidation sites excluding steroid dienone is 4. The second kappa shape index (κ2) is 3.63. The van der Waals surface area contributed by atoms with Crippen molar-refractivity contribution >= 4 is 27.5 Å². The van der Waals surface area contributed by atoms with Crippen LogP contribution in [0.5, 0.6) is 0 Å². The Bertz CT molecular complexity index is 841. The van der Waals surface area contributed by atoms with Crippen LogP contribution in [-0.2, 0) is 0 Å². The molecule has 1 aromatic heterocycles. The first-order valence-electron chi connectivity index (χ1n) is 7.30. The second-order valence-corrected chi connectivity index (χ2v) is 5.88. The fourth-order valence-electron chi connectivity index (χ4n) is 3.50. The van der Waals surface area contributed by atoms with Crippen molar-refractivity contribution < 1.29 is 0 Å². The minimum atomic E-state index is 0.773. The molecule has 1 saturated carbocycles. The molecule has 2 aromatic carbocycles. The first kappa shape index (κ1) is 10.5. The molecule has 0 amide bonds. The summed E-state index contributed by atoms with van der Waals surface area (Å²) in [6.45, 7) is 0. The zero-order valence-corrected chi connectivity index (χ0v) is 11.2. The molecule has 1 heteroatoms. The highest BCUT2D eigenvalue weighted by atomic mass is 15.0. The van der Waals surface area contributed by atoms with Crippen LogP contribution >= 0.6 is 0 Å². The molecule has 0 N–H and O–H groups in total. The predicted molar refractivity (Wildman–Crippen MR) is 84.5 cm³/mol. The maximum absolute atomic E-state index is 2.45. The number of para-hydroxylation sites is 2. The van der Waals surface area contributed by atoms with Crippen molar-refractivity contribution in [2.24, 2.45) is 11.8 Å². The number of fused-ring (bicyclic) bond motifs is 4. The Balaban J connectivity index is 1.91. The van der Waals surface area contributed by atoms with Gasteiger partial charge in [-0.1, -0.05) is 48.6 Å². The van der Waals surface area contributed by atoms with Crippen LogP contribution in [0.4, 0.5) is 0 Å². The van der Waals surface area contributed by atoms with E-state index < -0.39 is 0 Å². The molecule has 5 rings (SSSR count). The number of nitrogens with zero attached hydrogens (tertiary/aromatic N) is 1. The van der Waals surface area contributed by atoms with Gasteiger partial charge >= 0.3 is 0 Å². The van der Waals surface area contributed by atoms with Gasteiger partial charge in [-0.15, -0.1) is 0 Å². The number of rotatable bonds is 1. The molecule has 3 aromatic rings. The van der Waals surface area contributed by atoms with Gasteiger partial charge < -0.3 is 4.57 Å². The van der Waals surface area contributed by atoms with E-state index in [0.717, 1.165) is 11.8 Å². The summed E-state index contributed by atoms with van der Waals surface area (Å²) >= 11 is 0. The average molecular weight is 257 g/mol. The minimum absolute atomic E-state index is 0.773. The average Bonchev–Trinajstić information content (AvgIpc) is 3.20. The summed E-state index contributed by atoms with van der Waals surface area (Å²) < 4.78 is 2.41. The van der Waals surface area contributed by atoms with Gasteiger partial charge in [0.25, 0.3) is 0 Å². The fraction of sp³-hybridized carbons (Fsp3) is 0.158. The topological polar surface area (TPSA) is 4.93 Å². The highest BCUT2D eigenvalue weighted by Crippen LogP contribution is 2.46. The summed E-state index contributed by atoms with van der Waals surface area (Å²) in [4.78, 5) is 0. The molecular weight excluding hydrogens is 242 g/mol. The first-order chi connectivity index (χ1) is 9.92. The van der Waals surface area contributed by atoms with Crippen LogP contribution in [0.2, 0.25) is 0 Å². The molecule has 2 aliphatic carbocycles. The van der Waals surface area contributed by atoms with Gasteiger partial charge in [0.1, 0.15) is 0 Å². The summed E-state index contributed by atoms with van der Waals surface area (Å²) in [5.74, 6) is 1.58. The van der Waals surface area contributed by atoms with Crippen molar-refractivity contribution in [2.75, 3.05) is 0 Å². The maximum Gasteiger partial charge on any atom is 0.0540 e. The highest BCUT2D eigenvalue weighted by molar-refractivity contribution is 6.10. The third-order valence-electron chi connectivity index (χ3n) is 4.63. The van der Waals surface area contributed by atoms with Gasteiger partial charge in [-0.3, -0.25) is 0 Å². The van der Waals surface area contributed by atoms with E-state index in [1.54, 1.807) is 0 Å². The van der Waals surface area contributed by atoms with Crippen molar-refractivity contribution in [3.05, 3.63) is 66.8 Å². The fourth-order valence-corrected chi connectivity index (χ4v) is 3.50. The largest absolute Gasteiger partial charge is 0.310 e. The van der Waals surface area contributed by atoms with Gasteiger partial charge in [-0.05, 0) is 36.5 Å². The van der Waals surface area contributed by atoms with E-state index in [9.17, 15) is 0 Å². The third-order valence-corrected chi connectivity index (χ3v) is 4.63. The van der Waals surface area contributed by atoms with Gasteiger partial charge in [0.05, 0.1) is 11.0 Å². The molecule has 96 valence electrons. The Labute approximate surface area is 117 Å². The quantitative estimate of drug-likeness (QED) is 0.587. The maximum atomic E-state index is 2.45. The van der Waals surface area contributed by atoms with Gasteiger partial charge in [-0.2, -0.15) is 0 Å². The summed E-state index contributed by atoms with van der Waals surface area (Å²) in [6, 6.07) is 17.4. The molecule has 1 fully saturated rings. The van der Waals surface area contributed by atoms with Crippen LogP contribution in [0.15, 0.2) is 66.8 Å². The van der Waals surface area contributed by atoms with Gasteiger partial charge in [-0.25, -0.2) is 0 Å². The van der Waals surface area contributed by atoms with E-state index in [2.05, 4.69) is 71.3 Å². The molecule has 1 nitrogen and oxygen atoms in total. The summed E-state index contributed by atoms with van der Waals surface area (Å²) in [5, 5.41) is 2.69. The van der Waals surface area contributed by atoms with Crippen molar-refractivity contribution in [1.82, 2.24) is 4.57 Å². The predicted octanol–water partition coefficient (Wildman–Crippen LogP) is 4.84. The molecular formula is C19H15N. The Hall–Kier alpha value is -2.28. The summed E-state index contributed by atoms with van der Waals surface area (Å²) in [5.41, 5.74) is 3.95. The normalized spacial score (nSPS) is 23.9. The molecule has 0 radical (unpaired) electrons. The SMILES string of the molecule is C1=C[C@H]2CC2C=C1n1c2ccccc2c2ccccc21. The highest BCUT2D eigenvalue weighted by Gasteiger charge is 2.35. The van der Waals surface area contributed by atoms with Crippen LogP contribution in [0.1, 0.15) is 6.42 Å². The standard InChI is InChI=1S/C19H15N/c1-3-7-18-16(5-1)17-6-2-4-8-19(17)20(18)15-10-9-13-11-14(13)12-15/h1-10,12-14H,11H2/t13-,14?/m0/s1. The Morgan fingerprint density at radius 2 is 1.45 bits per heavy atom. The van der Waals surface area contributed by atoms with Crippen LogP contribution < -0.4 is 0 Å². The molecule has 1 heterocycles. The molecule has 1 unspecified atom stereocenters. The molecule has 0 spiro atoms. The van der Waals surface area contributed by atoms with Crippen LogP contribution in [0.25, 0.3) is 27.5 Å². The van der Waals surface area contributed by atoms with Gasteiger partial charge in [0.2, 0.25) is 0 Å². The summed E-state index contributed by atoms with van der Waals surface area (Å²) in [7, 11) is 0. The van der Waals surface area contributed by atoms with E-state index >= 15 is 0 Å². The number of hydrogen-bond acceptors (Lipinski definition) is 0. The molecule has 0 bridgehead atoms. The zero-order chi connectivity index (χ0) is 13.1. The van der Waals surface area contributed by atoms with Gasteiger partial charge in [0.15, 0.2) is 0 Å². The molecule has 20 heavy (non-hydrogen) atoms. The molecule has 0 saturated heterocycles. The van der Waals surface area contributed by atoms with E-state index in [-0.39, 0.29) is 0 Å². The van der Waals surface area contributed by atoms with Crippen molar-refractivity contribution in [3.63, 3.8) is 0 Å². The molecule has 2 atom stereocenters. The van der Waals surface area contributed by atoms with Crippen molar-refractivity contribution in [2.45, 2.75) is 6.42 Å². The van der Waals surface area contributed by atoms with Gasteiger partial charge in [0, 0.05) is 16.5 Å². The minimum Gasteiger partial charge on any atom is -0.310 e.